The van der Waals surface area contributed by atoms with E-state index in [-0.39, 0.29) is 5.17 Å². The van der Waals surface area contributed by atoms with E-state index in [9.17, 15) is 0 Å². The third-order valence-electron chi connectivity index (χ3n) is 1.60. The summed E-state index contributed by atoms with van der Waals surface area (Å²) in [6.45, 7) is 0.296. The highest BCUT2D eigenvalue weighted by Gasteiger charge is 1.99. The Balaban J connectivity index is 2.83. The molecule has 0 aliphatic carbocycles. The SMILES string of the molecule is [N-]=[N+]=NCc1ccc(/C(Cl)=N/O)cc1. The monoisotopic (exact) mass is 210 g/mol. The van der Waals surface area contributed by atoms with E-state index >= 15 is 0 Å². The molecule has 0 saturated heterocycles. The van der Waals surface area contributed by atoms with E-state index in [0.717, 1.165) is 5.56 Å². The molecule has 0 bridgehead atoms. The Morgan fingerprint density at radius 3 is 2.57 bits per heavy atom. The van der Waals surface area contributed by atoms with Gasteiger partial charge < -0.3 is 5.21 Å². The van der Waals surface area contributed by atoms with Crippen molar-refractivity contribution in [3.05, 3.63) is 45.8 Å². The first kappa shape index (κ1) is 10.4. The molecule has 1 rings (SSSR count). The highest BCUT2D eigenvalue weighted by molar-refractivity contribution is 6.69. The van der Waals surface area contributed by atoms with Crippen molar-refractivity contribution in [3.8, 4) is 0 Å². The Morgan fingerprint density at radius 1 is 1.43 bits per heavy atom. The maximum atomic E-state index is 8.39. The van der Waals surface area contributed by atoms with Crippen molar-refractivity contribution in [1.29, 1.82) is 0 Å². The van der Waals surface area contributed by atoms with Crippen molar-refractivity contribution in [2.75, 3.05) is 0 Å². The van der Waals surface area contributed by atoms with Crippen molar-refractivity contribution in [3.63, 3.8) is 0 Å². The first-order valence-corrected chi connectivity index (χ1v) is 4.13. The van der Waals surface area contributed by atoms with Gasteiger partial charge in [-0.3, -0.25) is 0 Å². The maximum Gasteiger partial charge on any atom is 0.175 e. The van der Waals surface area contributed by atoms with Crippen molar-refractivity contribution in [2.24, 2.45) is 10.3 Å². The lowest BCUT2D eigenvalue weighted by Crippen LogP contribution is -1.91. The summed E-state index contributed by atoms with van der Waals surface area (Å²) in [5.41, 5.74) is 9.57. The fourth-order valence-electron chi connectivity index (χ4n) is 0.919. The summed E-state index contributed by atoms with van der Waals surface area (Å²) in [6.07, 6.45) is 0. The standard InChI is InChI=1S/C8H7ClN4O/c9-8(12-14)7-3-1-6(2-4-7)5-11-13-10/h1-4,14H,5H2/b12-8-. The summed E-state index contributed by atoms with van der Waals surface area (Å²) in [5.74, 6) is 0. The second-order valence-electron chi connectivity index (χ2n) is 2.48. The van der Waals surface area contributed by atoms with Crippen LogP contribution in [0.1, 0.15) is 11.1 Å². The van der Waals surface area contributed by atoms with Gasteiger partial charge >= 0.3 is 0 Å². The van der Waals surface area contributed by atoms with E-state index in [2.05, 4.69) is 15.2 Å². The summed E-state index contributed by atoms with van der Waals surface area (Å²) < 4.78 is 0. The number of hydrogen-bond acceptors (Lipinski definition) is 3. The van der Waals surface area contributed by atoms with E-state index in [0.29, 0.717) is 12.1 Å². The van der Waals surface area contributed by atoms with Gasteiger partial charge in [0.2, 0.25) is 0 Å². The molecule has 72 valence electrons. The quantitative estimate of drug-likeness (QED) is 0.204. The Bertz CT molecular complexity index is 381. The number of oxime groups is 1. The molecule has 0 spiro atoms. The Hall–Kier alpha value is -1.71. The van der Waals surface area contributed by atoms with Gasteiger partial charge in [0.25, 0.3) is 0 Å². The molecule has 0 fully saturated rings. The predicted molar refractivity (Wildman–Crippen MR) is 53.5 cm³/mol. The molecule has 1 N–H and O–H groups in total. The van der Waals surface area contributed by atoms with Crippen LogP contribution in [0.3, 0.4) is 0 Å². The van der Waals surface area contributed by atoms with Crippen molar-refractivity contribution < 1.29 is 5.21 Å². The summed E-state index contributed by atoms with van der Waals surface area (Å²) in [7, 11) is 0. The fourth-order valence-corrected chi connectivity index (χ4v) is 1.04. The van der Waals surface area contributed by atoms with Crippen LogP contribution in [0.15, 0.2) is 34.5 Å². The van der Waals surface area contributed by atoms with Crippen LogP contribution in [-0.4, -0.2) is 10.4 Å². The zero-order valence-electron chi connectivity index (χ0n) is 7.13. The molecule has 6 heteroatoms. The minimum atomic E-state index is 0.0281. The van der Waals surface area contributed by atoms with E-state index in [4.69, 9.17) is 22.3 Å². The van der Waals surface area contributed by atoms with E-state index < -0.39 is 0 Å². The Morgan fingerprint density at radius 2 is 2.07 bits per heavy atom. The minimum absolute atomic E-state index is 0.0281. The zero-order valence-corrected chi connectivity index (χ0v) is 7.89. The molecule has 0 amide bonds. The predicted octanol–water partition coefficient (Wildman–Crippen LogP) is 2.87. The molecule has 0 aliphatic rings. The second kappa shape index (κ2) is 5.11. The lowest BCUT2D eigenvalue weighted by atomic mass is 10.1. The molecule has 14 heavy (non-hydrogen) atoms. The van der Waals surface area contributed by atoms with Gasteiger partial charge in [-0.05, 0) is 11.1 Å². The van der Waals surface area contributed by atoms with Crippen LogP contribution in [-0.2, 0) is 6.54 Å². The molecular weight excluding hydrogens is 204 g/mol. The highest BCUT2D eigenvalue weighted by Crippen LogP contribution is 2.08. The van der Waals surface area contributed by atoms with Gasteiger partial charge in [0.05, 0.1) is 6.54 Å². The molecule has 0 unspecified atom stereocenters. The largest absolute Gasteiger partial charge is 0.410 e. The molecule has 0 heterocycles. The normalized spacial score (nSPS) is 10.8. The molecule has 0 radical (unpaired) electrons. The molecule has 1 aromatic carbocycles. The Labute approximate surface area is 85.2 Å². The van der Waals surface area contributed by atoms with Gasteiger partial charge in [-0.2, -0.15) is 0 Å². The third-order valence-corrected chi connectivity index (χ3v) is 1.89. The van der Waals surface area contributed by atoms with Gasteiger partial charge in [-0.25, -0.2) is 0 Å². The molecule has 5 nitrogen and oxygen atoms in total. The van der Waals surface area contributed by atoms with E-state index in [1.165, 1.54) is 0 Å². The number of halogens is 1. The van der Waals surface area contributed by atoms with Crippen LogP contribution in [0.25, 0.3) is 10.4 Å². The smallest absolute Gasteiger partial charge is 0.175 e. The van der Waals surface area contributed by atoms with Gasteiger partial charge in [0.1, 0.15) is 0 Å². The zero-order chi connectivity index (χ0) is 10.4. The van der Waals surface area contributed by atoms with Crippen LogP contribution in [0.2, 0.25) is 0 Å². The average Bonchev–Trinajstić information content (AvgIpc) is 2.26. The summed E-state index contributed by atoms with van der Waals surface area (Å²) in [5, 5.41) is 14.7. The average molecular weight is 211 g/mol. The number of azide groups is 1. The fraction of sp³-hybridized carbons (Fsp3) is 0.125. The molecule has 0 aliphatic heterocycles. The lowest BCUT2D eigenvalue weighted by molar-refractivity contribution is 0.321. The minimum Gasteiger partial charge on any atom is -0.410 e. The van der Waals surface area contributed by atoms with Crippen LogP contribution in [0, 0.1) is 0 Å². The molecule has 1 aromatic rings. The van der Waals surface area contributed by atoms with Crippen molar-refractivity contribution in [1.82, 2.24) is 0 Å². The number of hydrogen-bond donors (Lipinski definition) is 1. The van der Waals surface area contributed by atoms with Gasteiger partial charge in [-0.1, -0.05) is 46.1 Å². The molecular formula is C8H7ClN4O. The molecule has 0 saturated carbocycles. The van der Waals surface area contributed by atoms with E-state index in [1.807, 2.05) is 0 Å². The Kier molecular flexibility index (Phi) is 3.79. The van der Waals surface area contributed by atoms with Gasteiger partial charge in [-0.15, -0.1) is 0 Å². The van der Waals surface area contributed by atoms with Gasteiger partial charge in [0.15, 0.2) is 5.17 Å². The van der Waals surface area contributed by atoms with Crippen LogP contribution >= 0.6 is 11.6 Å². The van der Waals surface area contributed by atoms with Crippen LogP contribution in [0.4, 0.5) is 0 Å². The molecule has 0 atom stereocenters. The number of rotatable bonds is 3. The van der Waals surface area contributed by atoms with E-state index in [1.54, 1.807) is 24.3 Å². The third kappa shape index (κ3) is 2.65. The van der Waals surface area contributed by atoms with Crippen molar-refractivity contribution in [2.45, 2.75) is 6.54 Å². The first-order valence-electron chi connectivity index (χ1n) is 3.75. The van der Waals surface area contributed by atoms with Crippen LogP contribution in [0.5, 0.6) is 0 Å². The van der Waals surface area contributed by atoms with Crippen molar-refractivity contribution >= 4 is 16.8 Å². The topological polar surface area (TPSA) is 81.4 Å². The lowest BCUT2D eigenvalue weighted by Gasteiger charge is -1.98. The number of nitrogens with zero attached hydrogens (tertiary/aromatic N) is 4. The highest BCUT2D eigenvalue weighted by atomic mass is 35.5. The first-order chi connectivity index (χ1) is 6.77. The number of benzene rings is 1. The van der Waals surface area contributed by atoms with Gasteiger partial charge in [0, 0.05) is 10.5 Å². The summed E-state index contributed by atoms with van der Waals surface area (Å²) >= 11 is 5.57. The second-order valence-corrected chi connectivity index (χ2v) is 2.83. The van der Waals surface area contributed by atoms with Crippen LogP contribution < -0.4 is 0 Å². The maximum absolute atomic E-state index is 8.39. The summed E-state index contributed by atoms with van der Waals surface area (Å²) in [6, 6.07) is 6.86. The summed E-state index contributed by atoms with van der Waals surface area (Å²) in [4.78, 5) is 2.64. The molecule has 0 aromatic heterocycles.